The molecule has 3 aromatic rings. The molecule has 7 nitrogen and oxygen atoms in total. The number of aromatic nitrogens is 1. The summed E-state index contributed by atoms with van der Waals surface area (Å²) in [5.41, 5.74) is 2.11. The third-order valence-corrected chi connectivity index (χ3v) is 7.40. The molecule has 0 saturated carbocycles. The molecule has 1 fully saturated rings. The highest BCUT2D eigenvalue weighted by Crippen LogP contribution is 2.27. The number of hydrogen-bond acceptors (Lipinski definition) is 4. The second-order valence-electron chi connectivity index (χ2n) is 7.20. The van der Waals surface area contributed by atoms with Crippen molar-refractivity contribution < 1.29 is 17.9 Å². The molecule has 1 saturated heterocycles. The molecule has 9 heteroatoms. The number of sulfonamides is 1. The first kappa shape index (κ1) is 21.6. The summed E-state index contributed by atoms with van der Waals surface area (Å²) in [6, 6.07) is 13.6. The van der Waals surface area contributed by atoms with Crippen LogP contribution in [0.3, 0.4) is 0 Å². The third kappa shape index (κ3) is 4.52. The Morgan fingerprint density at radius 3 is 2.48 bits per heavy atom. The molecule has 0 unspecified atom stereocenters. The van der Waals surface area contributed by atoms with E-state index >= 15 is 0 Å². The van der Waals surface area contributed by atoms with E-state index in [2.05, 4.69) is 5.32 Å². The second kappa shape index (κ2) is 8.84. The number of aryl methyl sites for hydroxylation is 1. The Labute approximate surface area is 186 Å². The zero-order chi connectivity index (χ0) is 22.0. The normalized spacial score (nSPS) is 15.0. The van der Waals surface area contributed by atoms with Gasteiger partial charge in [-0.05, 0) is 55.0 Å². The van der Waals surface area contributed by atoms with Gasteiger partial charge in [0.25, 0.3) is 5.91 Å². The number of carbonyl (C=O) groups excluding carboxylic acids is 1. The van der Waals surface area contributed by atoms with Crippen molar-refractivity contribution in [1.82, 2.24) is 8.87 Å². The fourth-order valence-corrected chi connectivity index (χ4v) is 5.28. The fraction of sp³-hybridized carbons (Fsp3) is 0.227. The Hall–Kier alpha value is -2.65. The highest BCUT2D eigenvalue weighted by atomic mass is 35.5. The molecule has 1 aromatic heterocycles. The van der Waals surface area contributed by atoms with Gasteiger partial charge in [-0.3, -0.25) is 4.79 Å². The molecule has 162 valence electrons. The van der Waals surface area contributed by atoms with Gasteiger partial charge in [0, 0.05) is 36.1 Å². The lowest BCUT2D eigenvalue weighted by atomic mass is 10.1. The number of carbonyl (C=O) groups is 1. The van der Waals surface area contributed by atoms with Crippen LogP contribution < -0.4 is 5.32 Å². The minimum atomic E-state index is -3.72. The van der Waals surface area contributed by atoms with Gasteiger partial charge < -0.3 is 14.6 Å². The summed E-state index contributed by atoms with van der Waals surface area (Å²) in [4.78, 5) is 13.1. The van der Waals surface area contributed by atoms with Crippen molar-refractivity contribution in [3.05, 3.63) is 77.1 Å². The summed E-state index contributed by atoms with van der Waals surface area (Å²) in [5.74, 6) is -0.408. The number of nitrogens with zero attached hydrogens (tertiary/aromatic N) is 2. The number of benzene rings is 2. The van der Waals surface area contributed by atoms with Crippen LogP contribution in [0.1, 0.15) is 15.9 Å². The number of nitrogens with one attached hydrogen (secondary N) is 1. The molecular weight excluding hydrogens is 438 g/mol. The van der Waals surface area contributed by atoms with E-state index in [1.54, 1.807) is 37.3 Å². The molecular formula is C22H22ClN3O4S. The average molecular weight is 460 g/mol. The van der Waals surface area contributed by atoms with Gasteiger partial charge in [0.2, 0.25) is 10.0 Å². The van der Waals surface area contributed by atoms with Crippen LogP contribution >= 0.6 is 11.6 Å². The number of rotatable bonds is 5. The van der Waals surface area contributed by atoms with Crippen LogP contribution in [0.4, 0.5) is 5.69 Å². The first-order chi connectivity index (χ1) is 14.9. The molecule has 0 spiro atoms. The lowest BCUT2D eigenvalue weighted by molar-refractivity contribution is 0.0730. The summed E-state index contributed by atoms with van der Waals surface area (Å²) in [6.07, 6.45) is 3.69. The number of anilines is 1. The number of morpholine rings is 1. The van der Waals surface area contributed by atoms with Crippen molar-refractivity contribution in [2.45, 2.75) is 11.8 Å². The van der Waals surface area contributed by atoms with Crippen molar-refractivity contribution in [1.29, 1.82) is 0 Å². The van der Waals surface area contributed by atoms with E-state index in [1.165, 1.54) is 10.4 Å². The van der Waals surface area contributed by atoms with Gasteiger partial charge in [-0.25, -0.2) is 8.42 Å². The molecule has 1 N–H and O–H groups in total. The number of hydrogen-bond donors (Lipinski definition) is 1. The van der Waals surface area contributed by atoms with Crippen LogP contribution in [-0.4, -0.2) is 49.5 Å². The zero-order valence-corrected chi connectivity index (χ0v) is 18.5. The van der Waals surface area contributed by atoms with Gasteiger partial charge in [-0.2, -0.15) is 4.31 Å². The minimum Gasteiger partial charge on any atom is -0.379 e. The Bertz CT molecular complexity index is 1200. The SMILES string of the molecule is Cc1ccc(C(=O)Nc2ccc(Cl)cc2-n2cccc2)cc1S(=O)(=O)N1CCOCC1. The maximum Gasteiger partial charge on any atom is 0.255 e. The van der Waals surface area contributed by atoms with Crippen LogP contribution in [0.2, 0.25) is 5.02 Å². The molecule has 0 aliphatic carbocycles. The van der Waals surface area contributed by atoms with Gasteiger partial charge in [0.05, 0.1) is 29.5 Å². The van der Waals surface area contributed by atoms with Gasteiger partial charge in [-0.15, -0.1) is 0 Å². The Morgan fingerprint density at radius 1 is 1.06 bits per heavy atom. The summed E-state index contributed by atoms with van der Waals surface area (Å²) >= 11 is 6.14. The standard InChI is InChI=1S/C22H22ClN3O4S/c1-16-4-5-17(14-21(16)31(28,29)26-10-12-30-13-11-26)22(27)24-19-7-6-18(23)15-20(19)25-8-2-3-9-25/h2-9,14-15H,10-13H2,1H3,(H,24,27). The summed E-state index contributed by atoms with van der Waals surface area (Å²) in [7, 11) is -3.72. The van der Waals surface area contributed by atoms with E-state index < -0.39 is 15.9 Å². The Balaban J connectivity index is 1.64. The maximum atomic E-state index is 13.1. The van der Waals surface area contributed by atoms with E-state index in [1.807, 2.05) is 29.1 Å². The molecule has 1 aliphatic heterocycles. The first-order valence-corrected chi connectivity index (χ1v) is 11.6. The quantitative estimate of drug-likeness (QED) is 0.630. The number of halogens is 1. The summed E-state index contributed by atoms with van der Waals surface area (Å²) < 4.78 is 34.7. The lowest BCUT2D eigenvalue weighted by Gasteiger charge is -2.26. The second-order valence-corrected chi connectivity index (χ2v) is 9.55. The van der Waals surface area contributed by atoms with Gasteiger partial charge >= 0.3 is 0 Å². The predicted molar refractivity (Wildman–Crippen MR) is 119 cm³/mol. The molecule has 0 bridgehead atoms. The van der Waals surface area contributed by atoms with Crippen LogP contribution in [-0.2, 0) is 14.8 Å². The maximum absolute atomic E-state index is 13.1. The van der Waals surface area contributed by atoms with Crippen LogP contribution in [0.5, 0.6) is 0 Å². The van der Waals surface area contributed by atoms with Crippen LogP contribution in [0, 0.1) is 6.92 Å². The summed E-state index contributed by atoms with van der Waals surface area (Å²) in [5, 5.41) is 3.41. The highest BCUT2D eigenvalue weighted by Gasteiger charge is 2.28. The monoisotopic (exact) mass is 459 g/mol. The fourth-order valence-electron chi connectivity index (χ4n) is 3.46. The average Bonchev–Trinajstić information content (AvgIpc) is 3.30. The van der Waals surface area contributed by atoms with Crippen molar-refractivity contribution in [2.75, 3.05) is 31.6 Å². The third-order valence-electron chi connectivity index (χ3n) is 5.13. The topological polar surface area (TPSA) is 80.6 Å². The van der Waals surface area contributed by atoms with Crippen LogP contribution in [0.15, 0.2) is 65.8 Å². The van der Waals surface area contributed by atoms with E-state index in [9.17, 15) is 13.2 Å². The number of ether oxygens (including phenoxy) is 1. The molecule has 2 aromatic carbocycles. The van der Waals surface area contributed by atoms with Crippen molar-refractivity contribution in [3.8, 4) is 5.69 Å². The molecule has 4 rings (SSSR count). The van der Waals surface area contributed by atoms with E-state index in [-0.39, 0.29) is 10.5 Å². The van der Waals surface area contributed by atoms with Crippen molar-refractivity contribution in [2.24, 2.45) is 0 Å². The van der Waals surface area contributed by atoms with Gasteiger partial charge in [0.15, 0.2) is 0 Å². The number of amides is 1. The first-order valence-electron chi connectivity index (χ1n) is 9.79. The van der Waals surface area contributed by atoms with Crippen molar-refractivity contribution >= 4 is 33.2 Å². The largest absolute Gasteiger partial charge is 0.379 e. The molecule has 2 heterocycles. The van der Waals surface area contributed by atoms with Crippen LogP contribution in [0.25, 0.3) is 5.69 Å². The minimum absolute atomic E-state index is 0.129. The molecule has 1 amide bonds. The van der Waals surface area contributed by atoms with Crippen molar-refractivity contribution in [3.63, 3.8) is 0 Å². The highest BCUT2D eigenvalue weighted by molar-refractivity contribution is 7.89. The molecule has 1 aliphatic rings. The summed E-state index contributed by atoms with van der Waals surface area (Å²) in [6.45, 7) is 3.03. The lowest BCUT2D eigenvalue weighted by Crippen LogP contribution is -2.40. The van der Waals surface area contributed by atoms with E-state index in [0.717, 1.165) is 0 Å². The molecule has 0 atom stereocenters. The van der Waals surface area contributed by atoms with Gasteiger partial charge in [-0.1, -0.05) is 17.7 Å². The molecule has 31 heavy (non-hydrogen) atoms. The smallest absolute Gasteiger partial charge is 0.255 e. The zero-order valence-electron chi connectivity index (χ0n) is 16.9. The predicted octanol–water partition coefficient (Wildman–Crippen LogP) is 3.71. The van der Waals surface area contributed by atoms with E-state index in [0.29, 0.717) is 48.3 Å². The molecule has 0 radical (unpaired) electrons. The Kier molecular flexibility index (Phi) is 6.15. The van der Waals surface area contributed by atoms with Gasteiger partial charge in [0.1, 0.15) is 0 Å². The van der Waals surface area contributed by atoms with E-state index in [4.69, 9.17) is 16.3 Å². The Morgan fingerprint density at radius 2 is 1.77 bits per heavy atom.